The molecule has 0 saturated carbocycles. The third kappa shape index (κ3) is 3.37. The van der Waals surface area contributed by atoms with E-state index in [-0.39, 0.29) is 11.7 Å². The maximum Gasteiger partial charge on any atom is 0.131 e. The molecule has 0 aromatic heterocycles. The number of rotatable bonds is 3. The third-order valence-electron chi connectivity index (χ3n) is 2.23. The minimum Gasteiger partial charge on any atom is -0.457 e. The number of ether oxygens (including phenoxy) is 1. The van der Waals surface area contributed by atoms with Crippen LogP contribution in [0.1, 0.15) is 5.56 Å². The van der Waals surface area contributed by atoms with Gasteiger partial charge in [-0.15, -0.1) is 11.6 Å². The third-order valence-corrected chi connectivity index (χ3v) is 3.21. The summed E-state index contributed by atoms with van der Waals surface area (Å²) in [6.07, 6.45) is 0. The average Bonchev–Trinajstić information content (AvgIpc) is 2.30. The molecule has 1 nitrogen and oxygen atoms in total. The van der Waals surface area contributed by atoms with Crippen LogP contribution in [0.3, 0.4) is 0 Å². The van der Waals surface area contributed by atoms with E-state index in [1.165, 1.54) is 12.1 Å². The van der Waals surface area contributed by atoms with E-state index in [0.717, 1.165) is 5.56 Å². The van der Waals surface area contributed by atoms with Crippen LogP contribution in [0.15, 0.2) is 40.9 Å². The maximum absolute atomic E-state index is 13.2. The van der Waals surface area contributed by atoms with E-state index in [0.29, 0.717) is 21.0 Å². The molecule has 0 N–H and O–H groups in total. The molecule has 0 unspecified atom stereocenters. The van der Waals surface area contributed by atoms with Crippen molar-refractivity contribution in [3.8, 4) is 11.5 Å². The molecule has 2 aromatic carbocycles. The summed E-state index contributed by atoms with van der Waals surface area (Å²) in [4.78, 5) is 0. The van der Waals surface area contributed by atoms with E-state index < -0.39 is 0 Å². The highest BCUT2D eigenvalue weighted by Gasteiger charge is 2.07. The number of halogens is 4. The van der Waals surface area contributed by atoms with Crippen LogP contribution >= 0.6 is 39.1 Å². The van der Waals surface area contributed by atoms with Crippen molar-refractivity contribution in [3.05, 3.63) is 57.3 Å². The van der Waals surface area contributed by atoms with Crippen LogP contribution < -0.4 is 4.74 Å². The molecule has 94 valence electrons. The molecule has 0 atom stereocenters. The van der Waals surface area contributed by atoms with Gasteiger partial charge in [0.15, 0.2) is 0 Å². The van der Waals surface area contributed by atoms with Crippen LogP contribution in [0.5, 0.6) is 11.5 Å². The van der Waals surface area contributed by atoms with Gasteiger partial charge in [0.05, 0.1) is 5.88 Å². The van der Waals surface area contributed by atoms with Crippen molar-refractivity contribution >= 4 is 39.1 Å². The highest BCUT2D eigenvalue weighted by Crippen LogP contribution is 2.30. The summed E-state index contributed by atoms with van der Waals surface area (Å²) < 4.78 is 19.4. The van der Waals surface area contributed by atoms with E-state index >= 15 is 0 Å². The van der Waals surface area contributed by atoms with E-state index in [1.54, 1.807) is 24.3 Å². The maximum atomic E-state index is 13.2. The van der Waals surface area contributed by atoms with Crippen molar-refractivity contribution in [2.75, 3.05) is 0 Å². The summed E-state index contributed by atoms with van der Waals surface area (Å²) in [6.45, 7) is 0. The summed E-state index contributed by atoms with van der Waals surface area (Å²) >= 11 is 14.9. The van der Waals surface area contributed by atoms with E-state index in [4.69, 9.17) is 27.9 Å². The quantitative estimate of drug-likeness (QED) is 0.639. The van der Waals surface area contributed by atoms with Crippen molar-refractivity contribution in [2.45, 2.75) is 5.88 Å². The summed E-state index contributed by atoms with van der Waals surface area (Å²) in [6, 6.07) is 9.46. The monoisotopic (exact) mass is 348 g/mol. The molecule has 5 heteroatoms. The smallest absolute Gasteiger partial charge is 0.131 e. The van der Waals surface area contributed by atoms with Crippen LogP contribution in [-0.2, 0) is 5.88 Å². The highest BCUT2D eigenvalue weighted by atomic mass is 79.9. The predicted octanol–water partition coefficient (Wildman–Crippen LogP) is 5.77. The molecule has 0 radical (unpaired) electrons. The second-order valence-electron chi connectivity index (χ2n) is 3.59. The van der Waals surface area contributed by atoms with Gasteiger partial charge in [0.25, 0.3) is 0 Å². The molecular formula is C13H8BrCl2FO. The van der Waals surface area contributed by atoms with Crippen LogP contribution in [-0.4, -0.2) is 0 Å². The molecule has 0 heterocycles. The molecule has 0 amide bonds. The van der Waals surface area contributed by atoms with Gasteiger partial charge in [-0.1, -0.05) is 27.5 Å². The topological polar surface area (TPSA) is 9.23 Å². The fourth-order valence-electron chi connectivity index (χ4n) is 1.47. The lowest BCUT2D eigenvalue weighted by molar-refractivity contribution is 0.472. The Labute approximate surface area is 123 Å². The first-order valence-electron chi connectivity index (χ1n) is 5.07. The molecule has 18 heavy (non-hydrogen) atoms. The van der Waals surface area contributed by atoms with Gasteiger partial charge >= 0.3 is 0 Å². The Morgan fingerprint density at radius 2 is 1.94 bits per heavy atom. The Bertz CT molecular complexity index is 555. The van der Waals surface area contributed by atoms with Crippen LogP contribution in [0, 0.1) is 5.82 Å². The highest BCUT2D eigenvalue weighted by molar-refractivity contribution is 9.10. The lowest BCUT2D eigenvalue weighted by Crippen LogP contribution is -1.90. The Morgan fingerprint density at radius 3 is 2.61 bits per heavy atom. The van der Waals surface area contributed by atoms with Crippen LogP contribution in [0.25, 0.3) is 0 Å². The van der Waals surface area contributed by atoms with Gasteiger partial charge in [-0.2, -0.15) is 0 Å². The zero-order valence-electron chi connectivity index (χ0n) is 9.09. The van der Waals surface area contributed by atoms with E-state index in [2.05, 4.69) is 15.9 Å². The lowest BCUT2D eigenvalue weighted by Gasteiger charge is -2.10. The molecule has 0 aliphatic carbocycles. The van der Waals surface area contributed by atoms with Crippen molar-refractivity contribution < 1.29 is 9.13 Å². The largest absolute Gasteiger partial charge is 0.457 e. The summed E-state index contributed by atoms with van der Waals surface area (Å²) in [5.41, 5.74) is 0.754. The molecule has 0 fully saturated rings. The Kier molecular flexibility index (Phi) is 4.49. The minimum atomic E-state index is -0.374. The Hall–Kier alpha value is -0.770. The summed E-state index contributed by atoms with van der Waals surface area (Å²) in [5, 5.41) is 0.582. The van der Waals surface area contributed by atoms with Gasteiger partial charge in [0, 0.05) is 21.1 Å². The van der Waals surface area contributed by atoms with Gasteiger partial charge in [0.2, 0.25) is 0 Å². The van der Waals surface area contributed by atoms with Crippen molar-refractivity contribution in [1.82, 2.24) is 0 Å². The van der Waals surface area contributed by atoms with Gasteiger partial charge in [-0.3, -0.25) is 0 Å². The van der Waals surface area contributed by atoms with E-state index in [1.807, 2.05) is 0 Å². The summed E-state index contributed by atoms with van der Waals surface area (Å²) in [7, 11) is 0. The molecule has 0 saturated heterocycles. The Balaban J connectivity index is 2.33. The van der Waals surface area contributed by atoms with Crippen LogP contribution in [0.2, 0.25) is 5.02 Å². The fraction of sp³-hybridized carbons (Fsp3) is 0.0769. The zero-order chi connectivity index (χ0) is 13.1. The first kappa shape index (κ1) is 13.7. The molecule has 0 bridgehead atoms. The molecule has 0 aliphatic heterocycles. The Morgan fingerprint density at radius 1 is 1.17 bits per heavy atom. The second-order valence-corrected chi connectivity index (χ2v) is 5.21. The number of hydrogen-bond acceptors (Lipinski definition) is 1. The number of benzene rings is 2. The molecule has 0 aliphatic rings. The second kappa shape index (κ2) is 5.91. The first-order chi connectivity index (χ1) is 8.58. The van der Waals surface area contributed by atoms with Gasteiger partial charge < -0.3 is 4.74 Å². The standard InChI is InChI=1S/C13H8BrCl2FO/c14-9-4-11(17)6-12(5-9)18-13-2-1-10(16)3-8(13)7-15/h1-6H,7H2. The molecule has 2 aromatic rings. The van der Waals surface area contributed by atoms with Crippen molar-refractivity contribution in [2.24, 2.45) is 0 Å². The number of hydrogen-bond donors (Lipinski definition) is 0. The minimum absolute atomic E-state index is 0.270. The molecule has 0 spiro atoms. The average molecular weight is 350 g/mol. The van der Waals surface area contributed by atoms with Crippen molar-refractivity contribution in [3.63, 3.8) is 0 Å². The van der Waals surface area contributed by atoms with Gasteiger partial charge in [-0.25, -0.2) is 4.39 Å². The van der Waals surface area contributed by atoms with Crippen LogP contribution in [0.4, 0.5) is 4.39 Å². The zero-order valence-corrected chi connectivity index (χ0v) is 12.2. The van der Waals surface area contributed by atoms with Crippen molar-refractivity contribution in [1.29, 1.82) is 0 Å². The first-order valence-corrected chi connectivity index (χ1v) is 6.77. The molecular weight excluding hydrogens is 342 g/mol. The lowest BCUT2D eigenvalue weighted by atomic mass is 10.2. The number of alkyl halides is 1. The van der Waals surface area contributed by atoms with E-state index in [9.17, 15) is 4.39 Å². The normalized spacial score (nSPS) is 10.4. The van der Waals surface area contributed by atoms with Gasteiger partial charge in [-0.05, 0) is 30.3 Å². The van der Waals surface area contributed by atoms with Gasteiger partial charge in [0.1, 0.15) is 17.3 Å². The SMILES string of the molecule is Fc1cc(Br)cc(Oc2ccc(Cl)cc2CCl)c1. The summed E-state index contributed by atoms with van der Waals surface area (Å²) in [5.74, 6) is 0.857. The predicted molar refractivity (Wildman–Crippen MR) is 75.2 cm³/mol. The molecule has 2 rings (SSSR count). The fourth-order valence-corrected chi connectivity index (χ4v) is 2.31.